The van der Waals surface area contributed by atoms with E-state index in [0.717, 1.165) is 4.90 Å². The van der Waals surface area contributed by atoms with Crippen LogP contribution in [0.3, 0.4) is 0 Å². The molecule has 1 unspecified atom stereocenters. The fourth-order valence-electron chi connectivity index (χ4n) is 2.76. The molecule has 2 aliphatic rings. The number of likely N-dealkylation sites (N-methyl/N-ethyl adjacent to an activating group) is 1. The minimum atomic E-state index is -3.14. The molecule has 2 heterocycles. The lowest BCUT2D eigenvalue weighted by Crippen LogP contribution is -2.49. The number of sulfone groups is 1. The van der Waals surface area contributed by atoms with E-state index in [4.69, 9.17) is 0 Å². The molecule has 9 heteroatoms. The largest absolute Gasteiger partial charge is 0.333 e. The molecule has 0 aromatic heterocycles. The number of piperidine rings is 1. The molecule has 124 valence electrons. The van der Waals surface area contributed by atoms with Crippen molar-refractivity contribution in [3.63, 3.8) is 0 Å². The minimum absolute atomic E-state index is 0.0188. The smallest absolute Gasteiger partial charge is 0.316 e. The molecule has 2 saturated heterocycles. The summed E-state index contributed by atoms with van der Waals surface area (Å²) in [6.45, 7) is 1.42. The van der Waals surface area contributed by atoms with Gasteiger partial charge in [0.15, 0.2) is 9.84 Å². The molecule has 2 rings (SSSR count). The number of carbonyl (C=O) groups is 3. The van der Waals surface area contributed by atoms with Crippen molar-refractivity contribution in [1.29, 1.82) is 0 Å². The van der Waals surface area contributed by atoms with Crippen LogP contribution in [-0.4, -0.2) is 68.7 Å². The van der Waals surface area contributed by atoms with E-state index in [1.807, 2.05) is 0 Å². The van der Waals surface area contributed by atoms with Gasteiger partial charge in [-0.3, -0.25) is 19.7 Å². The van der Waals surface area contributed by atoms with Gasteiger partial charge in [-0.15, -0.1) is 0 Å². The van der Waals surface area contributed by atoms with E-state index in [9.17, 15) is 22.8 Å². The molecule has 1 atom stereocenters. The van der Waals surface area contributed by atoms with Gasteiger partial charge < -0.3 is 10.2 Å². The van der Waals surface area contributed by atoms with E-state index < -0.39 is 33.6 Å². The van der Waals surface area contributed by atoms with Crippen molar-refractivity contribution >= 4 is 27.6 Å². The van der Waals surface area contributed by atoms with E-state index in [2.05, 4.69) is 10.6 Å². The summed E-state index contributed by atoms with van der Waals surface area (Å²) < 4.78 is 22.8. The maximum atomic E-state index is 12.0. The highest BCUT2D eigenvalue weighted by atomic mass is 32.2. The second-order valence-corrected chi connectivity index (χ2v) is 8.04. The number of nitrogens with zero attached hydrogens (tertiary/aromatic N) is 1. The van der Waals surface area contributed by atoms with Crippen LogP contribution >= 0.6 is 0 Å². The van der Waals surface area contributed by atoms with Crippen molar-refractivity contribution in [3.05, 3.63) is 0 Å². The fraction of sp³-hybridized carbons (Fsp3) is 0.769. The van der Waals surface area contributed by atoms with Gasteiger partial charge >= 0.3 is 11.8 Å². The summed E-state index contributed by atoms with van der Waals surface area (Å²) in [6, 6.07) is -0.503. The van der Waals surface area contributed by atoms with Crippen LogP contribution in [0.2, 0.25) is 0 Å². The second-order valence-electron chi connectivity index (χ2n) is 5.82. The topological polar surface area (TPSA) is 113 Å². The van der Waals surface area contributed by atoms with Crippen molar-refractivity contribution in [2.45, 2.75) is 25.3 Å². The van der Waals surface area contributed by atoms with Crippen LogP contribution in [0, 0.1) is 5.92 Å². The third-order valence-corrected chi connectivity index (χ3v) is 5.97. The zero-order chi connectivity index (χ0) is 16.3. The van der Waals surface area contributed by atoms with Gasteiger partial charge in [-0.25, -0.2) is 8.42 Å². The number of amides is 3. The highest BCUT2D eigenvalue weighted by Crippen LogP contribution is 2.17. The van der Waals surface area contributed by atoms with Gasteiger partial charge in [-0.2, -0.15) is 0 Å². The predicted octanol–water partition coefficient (Wildman–Crippen LogP) is -1.73. The predicted molar refractivity (Wildman–Crippen MR) is 78.6 cm³/mol. The first-order valence-electron chi connectivity index (χ1n) is 7.33. The Balaban J connectivity index is 1.88. The van der Waals surface area contributed by atoms with Crippen LogP contribution < -0.4 is 10.6 Å². The van der Waals surface area contributed by atoms with Gasteiger partial charge in [0.2, 0.25) is 5.91 Å². The van der Waals surface area contributed by atoms with Gasteiger partial charge in [0.05, 0.1) is 11.5 Å². The molecule has 2 fully saturated rings. The molecule has 0 saturated carbocycles. The lowest BCUT2D eigenvalue weighted by atomic mass is 9.97. The van der Waals surface area contributed by atoms with Crippen molar-refractivity contribution in [2.24, 2.45) is 5.92 Å². The third-order valence-electron chi connectivity index (χ3n) is 4.22. The molecule has 0 spiro atoms. The Bertz CT molecular complexity index is 568. The number of nitrogens with one attached hydrogen (secondary N) is 2. The number of imide groups is 1. The molecular formula is C13H21N3O5S. The highest BCUT2D eigenvalue weighted by Gasteiger charge is 2.35. The zero-order valence-electron chi connectivity index (χ0n) is 12.5. The lowest BCUT2D eigenvalue weighted by Gasteiger charge is -2.24. The average Bonchev–Trinajstić information content (AvgIpc) is 2.86. The number of carbonyl (C=O) groups excluding carboxylic acids is 3. The Morgan fingerprint density at radius 2 is 1.77 bits per heavy atom. The van der Waals surface area contributed by atoms with Gasteiger partial charge in [0.25, 0.3) is 0 Å². The average molecular weight is 331 g/mol. The summed E-state index contributed by atoms with van der Waals surface area (Å²) >= 11 is 0. The van der Waals surface area contributed by atoms with Crippen LogP contribution in [0.25, 0.3) is 0 Å². The second kappa shape index (κ2) is 6.74. The Labute approximate surface area is 129 Å². The number of rotatable bonds is 2. The zero-order valence-corrected chi connectivity index (χ0v) is 13.3. The Morgan fingerprint density at radius 1 is 1.14 bits per heavy atom. The van der Waals surface area contributed by atoms with Crippen molar-refractivity contribution in [1.82, 2.24) is 15.5 Å². The number of hydrogen-bond acceptors (Lipinski definition) is 6. The third kappa shape index (κ3) is 4.04. The summed E-state index contributed by atoms with van der Waals surface area (Å²) in [6.07, 6.45) is 1.58. The van der Waals surface area contributed by atoms with Crippen LogP contribution in [0.1, 0.15) is 19.3 Å². The lowest BCUT2D eigenvalue weighted by molar-refractivity contribution is -0.148. The summed E-state index contributed by atoms with van der Waals surface area (Å²) in [5, 5.41) is 5.24. The van der Waals surface area contributed by atoms with Crippen molar-refractivity contribution in [3.8, 4) is 0 Å². The molecular weight excluding hydrogens is 310 g/mol. The molecule has 3 amide bonds. The Hall–Kier alpha value is -1.48. The van der Waals surface area contributed by atoms with Crippen molar-refractivity contribution < 1.29 is 22.8 Å². The Morgan fingerprint density at radius 3 is 2.32 bits per heavy atom. The molecule has 0 aliphatic carbocycles. The molecule has 0 aromatic carbocycles. The maximum absolute atomic E-state index is 12.0. The van der Waals surface area contributed by atoms with E-state index in [0.29, 0.717) is 32.4 Å². The van der Waals surface area contributed by atoms with Gasteiger partial charge in [0, 0.05) is 19.0 Å². The van der Waals surface area contributed by atoms with Gasteiger partial charge in [-0.05, 0) is 32.4 Å². The SMILES string of the molecule is CN(C(=O)C(=O)NC(=O)C1CCNCC1)C1CCS(=O)(=O)C1. The summed E-state index contributed by atoms with van der Waals surface area (Å²) in [7, 11) is -1.75. The quantitative estimate of drug-likeness (QED) is 0.582. The summed E-state index contributed by atoms with van der Waals surface area (Å²) in [5.74, 6) is -2.68. The Kier molecular flexibility index (Phi) is 5.17. The van der Waals surface area contributed by atoms with Crippen LogP contribution in [0.4, 0.5) is 0 Å². The van der Waals surface area contributed by atoms with Crippen molar-refractivity contribution in [2.75, 3.05) is 31.6 Å². The molecule has 8 nitrogen and oxygen atoms in total. The van der Waals surface area contributed by atoms with Gasteiger partial charge in [0.1, 0.15) is 0 Å². The normalized spacial score (nSPS) is 24.7. The van der Waals surface area contributed by atoms with E-state index >= 15 is 0 Å². The van der Waals surface area contributed by atoms with E-state index in [1.165, 1.54) is 7.05 Å². The summed E-state index contributed by atoms with van der Waals surface area (Å²) in [4.78, 5) is 36.9. The highest BCUT2D eigenvalue weighted by molar-refractivity contribution is 7.91. The number of hydrogen-bond donors (Lipinski definition) is 2. The van der Waals surface area contributed by atoms with Crippen LogP contribution in [0.5, 0.6) is 0 Å². The molecule has 22 heavy (non-hydrogen) atoms. The van der Waals surface area contributed by atoms with E-state index in [-0.39, 0.29) is 17.4 Å². The maximum Gasteiger partial charge on any atom is 0.316 e. The molecule has 0 aromatic rings. The van der Waals surface area contributed by atoms with Gasteiger partial charge in [-0.1, -0.05) is 0 Å². The molecule has 0 radical (unpaired) electrons. The first-order chi connectivity index (χ1) is 10.3. The molecule has 2 aliphatic heterocycles. The fourth-order valence-corrected chi connectivity index (χ4v) is 4.53. The monoisotopic (exact) mass is 331 g/mol. The standard InChI is InChI=1S/C13H21N3O5S/c1-16(10-4-7-22(20,21)8-10)13(19)12(18)15-11(17)9-2-5-14-6-3-9/h9-10,14H,2-8H2,1H3,(H,15,17,18). The van der Waals surface area contributed by atoms with Crippen LogP contribution in [0.15, 0.2) is 0 Å². The summed E-state index contributed by atoms with van der Waals surface area (Å²) in [5.41, 5.74) is 0. The molecule has 0 bridgehead atoms. The first-order valence-corrected chi connectivity index (χ1v) is 9.15. The minimum Gasteiger partial charge on any atom is -0.333 e. The molecule has 2 N–H and O–H groups in total. The first kappa shape index (κ1) is 16.9. The van der Waals surface area contributed by atoms with Crippen LogP contribution in [-0.2, 0) is 24.2 Å². The van der Waals surface area contributed by atoms with E-state index in [1.54, 1.807) is 0 Å².